The van der Waals surface area contributed by atoms with E-state index in [4.69, 9.17) is 4.74 Å². The summed E-state index contributed by atoms with van der Waals surface area (Å²) in [6, 6.07) is 12.1. The molecule has 0 N–H and O–H groups in total. The fraction of sp³-hybridized carbons (Fsp3) is 0.304. The van der Waals surface area contributed by atoms with Gasteiger partial charge in [-0.05, 0) is 38.2 Å². The van der Waals surface area contributed by atoms with Crippen LogP contribution in [0.15, 0.2) is 41.6 Å². The maximum atomic E-state index is 12.9. The topological polar surface area (TPSA) is 68.2 Å². The summed E-state index contributed by atoms with van der Waals surface area (Å²) in [5.41, 5.74) is 6.20. The molecule has 7 heteroatoms. The van der Waals surface area contributed by atoms with Crippen molar-refractivity contribution in [1.82, 2.24) is 15.2 Å². The number of rotatable bonds is 3. The third-order valence-electron chi connectivity index (χ3n) is 5.01. The van der Waals surface area contributed by atoms with Crippen molar-refractivity contribution in [3.8, 4) is 17.1 Å². The first-order chi connectivity index (χ1) is 14.4. The molecule has 1 amide bonds. The number of carbonyl (C=O) groups excluding carboxylic acids is 1. The fourth-order valence-electron chi connectivity index (χ4n) is 3.75. The van der Waals surface area contributed by atoms with Gasteiger partial charge < -0.3 is 4.74 Å². The summed E-state index contributed by atoms with van der Waals surface area (Å²) in [6.45, 7) is 9.65. The molecule has 0 fully saturated rings. The van der Waals surface area contributed by atoms with E-state index in [0.29, 0.717) is 16.7 Å². The number of benzene rings is 2. The zero-order valence-electron chi connectivity index (χ0n) is 17.8. The molecule has 1 unspecified atom stereocenters. The second-order valence-corrected chi connectivity index (χ2v) is 8.66. The van der Waals surface area contributed by atoms with E-state index in [-0.39, 0.29) is 5.91 Å². The molecular weight excluding hydrogens is 396 g/mol. The molecule has 30 heavy (non-hydrogen) atoms. The lowest BCUT2D eigenvalue weighted by atomic mass is 10.00. The highest BCUT2D eigenvalue weighted by atomic mass is 32.2. The Bertz CT molecular complexity index is 1110. The number of aryl methyl sites for hydroxylation is 3. The van der Waals surface area contributed by atoms with Crippen molar-refractivity contribution in [3.05, 3.63) is 58.7 Å². The molecular formula is C23H24N4O2S. The second kappa shape index (κ2) is 8.07. The molecule has 3 aromatic rings. The minimum absolute atomic E-state index is 0.113. The quantitative estimate of drug-likeness (QED) is 0.554. The van der Waals surface area contributed by atoms with Crippen LogP contribution in [0.2, 0.25) is 0 Å². The van der Waals surface area contributed by atoms with Crippen LogP contribution in [-0.2, 0) is 4.79 Å². The minimum atomic E-state index is -0.652. The van der Waals surface area contributed by atoms with Crippen molar-refractivity contribution in [3.63, 3.8) is 0 Å². The van der Waals surface area contributed by atoms with Crippen molar-refractivity contribution in [2.24, 2.45) is 0 Å². The van der Waals surface area contributed by atoms with Gasteiger partial charge in [-0.1, -0.05) is 60.1 Å². The Morgan fingerprint density at radius 1 is 1.10 bits per heavy atom. The van der Waals surface area contributed by atoms with Gasteiger partial charge in [0.1, 0.15) is 0 Å². The van der Waals surface area contributed by atoms with Crippen LogP contribution in [0.1, 0.15) is 42.3 Å². The van der Waals surface area contributed by atoms with Gasteiger partial charge in [0.2, 0.25) is 23.2 Å². The smallest absolute Gasteiger partial charge is 0.247 e. The highest BCUT2D eigenvalue weighted by Gasteiger charge is 2.35. The monoisotopic (exact) mass is 420 g/mol. The summed E-state index contributed by atoms with van der Waals surface area (Å²) in [5.74, 6) is 1.11. The van der Waals surface area contributed by atoms with Crippen molar-refractivity contribution in [1.29, 1.82) is 0 Å². The van der Waals surface area contributed by atoms with Gasteiger partial charge in [-0.25, -0.2) is 0 Å². The van der Waals surface area contributed by atoms with Gasteiger partial charge in [0.15, 0.2) is 5.69 Å². The molecule has 1 aromatic heterocycles. The fourth-order valence-corrected chi connectivity index (χ4v) is 4.25. The number of hydrogen-bond donors (Lipinski definition) is 0. The number of anilines is 1. The van der Waals surface area contributed by atoms with Crippen molar-refractivity contribution in [2.45, 2.75) is 46.0 Å². The van der Waals surface area contributed by atoms with E-state index >= 15 is 0 Å². The molecule has 0 radical (unpaired) electrons. The average Bonchev–Trinajstić information content (AvgIpc) is 2.83. The van der Waals surface area contributed by atoms with Crippen LogP contribution >= 0.6 is 11.8 Å². The molecule has 1 atom stereocenters. The number of hydrogen-bond acceptors (Lipinski definition) is 6. The van der Waals surface area contributed by atoms with Crippen molar-refractivity contribution < 1.29 is 9.53 Å². The normalized spacial score (nSPS) is 15.1. The number of thioether (sulfide) groups is 1. The standard InChI is InChI=1S/C23H24N4O2S/c1-6-30-23-24-21-19(25-26-23)18-12-14(3)11-15(4)20(18)27(16(5)28)22(29-21)17-9-7-13(2)8-10-17/h7-12,22H,6H2,1-5H3. The van der Waals surface area contributed by atoms with E-state index in [2.05, 4.69) is 21.2 Å². The molecule has 2 aromatic carbocycles. The maximum absolute atomic E-state index is 12.9. The van der Waals surface area contributed by atoms with Gasteiger partial charge in [-0.15, -0.1) is 10.2 Å². The van der Waals surface area contributed by atoms with Crippen LogP contribution in [0.4, 0.5) is 5.69 Å². The molecule has 0 saturated carbocycles. The van der Waals surface area contributed by atoms with Crippen molar-refractivity contribution in [2.75, 3.05) is 10.7 Å². The Hall–Kier alpha value is -2.93. The first-order valence-corrected chi connectivity index (χ1v) is 10.9. The number of aromatic nitrogens is 3. The third-order valence-corrected chi connectivity index (χ3v) is 5.73. The lowest BCUT2D eigenvalue weighted by Gasteiger charge is -2.31. The van der Waals surface area contributed by atoms with Crippen LogP contribution in [0, 0.1) is 20.8 Å². The molecule has 2 heterocycles. The van der Waals surface area contributed by atoms with E-state index in [1.54, 1.807) is 11.8 Å². The predicted octanol–water partition coefficient (Wildman–Crippen LogP) is 5.02. The van der Waals surface area contributed by atoms with E-state index in [1.165, 1.54) is 11.8 Å². The Morgan fingerprint density at radius 2 is 1.83 bits per heavy atom. The van der Waals surface area contributed by atoms with E-state index in [9.17, 15) is 4.79 Å². The van der Waals surface area contributed by atoms with E-state index in [0.717, 1.165) is 39.3 Å². The van der Waals surface area contributed by atoms with E-state index in [1.807, 2.05) is 58.0 Å². The molecule has 0 bridgehead atoms. The minimum Gasteiger partial charge on any atom is -0.447 e. The molecule has 0 spiro atoms. The second-order valence-electron chi connectivity index (χ2n) is 7.43. The molecule has 0 saturated heterocycles. The van der Waals surface area contributed by atoms with Gasteiger partial charge in [0.05, 0.1) is 5.69 Å². The Morgan fingerprint density at radius 3 is 2.50 bits per heavy atom. The first kappa shape index (κ1) is 20.3. The predicted molar refractivity (Wildman–Crippen MR) is 119 cm³/mol. The van der Waals surface area contributed by atoms with Crippen LogP contribution < -0.4 is 9.64 Å². The van der Waals surface area contributed by atoms with Crippen LogP contribution in [0.3, 0.4) is 0 Å². The largest absolute Gasteiger partial charge is 0.447 e. The number of ether oxygens (including phenoxy) is 1. The van der Waals surface area contributed by atoms with Crippen molar-refractivity contribution >= 4 is 23.4 Å². The summed E-state index contributed by atoms with van der Waals surface area (Å²) in [6.07, 6.45) is -0.652. The van der Waals surface area contributed by atoms with Gasteiger partial charge in [-0.3, -0.25) is 9.69 Å². The van der Waals surface area contributed by atoms with E-state index < -0.39 is 6.23 Å². The van der Waals surface area contributed by atoms with Gasteiger partial charge in [0, 0.05) is 18.1 Å². The Labute approximate surface area is 180 Å². The molecule has 154 valence electrons. The average molecular weight is 421 g/mol. The molecule has 1 aliphatic rings. The van der Waals surface area contributed by atoms with Gasteiger partial charge in [0.25, 0.3) is 0 Å². The number of amides is 1. The van der Waals surface area contributed by atoms with Gasteiger partial charge in [-0.2, -0.15) is 4.98 Å². The number of nitrogens with zero attached hydrogens (tertiary/aromatic N) is 4. The van der Waals surface area contributed by atoms with Crippen LogP contribution in [-0.4, -0.2) is 26.8 Å². The summed E-state index contributed by atoms with van der Waals surface area (Å²) >= 11 is 1.50. The number of carbonyl (C=O) groups is 1. The summed E-state index contributed by atoms with van der Waals surface area (Å²) in [4.78, 5) is 19.2. The highest BCUT2D eigenvalue weighted by Crippen LogP contribution is 2.45. The molecule has 1 aliphatic heterocycles. The lowest BCUT2D eigenvalue weighted by molar-refractivity contribution is -0.118. The SMILES string of the molecule is CCSc1nnc2c(n1)OC(c1ccc(C)cc1)N(C(C)=O)c1c(C)cc(C)cc1-2. The summed E-state index contributed by atoms with van der Waals surface area (Å²) < 4.78 is 6.40. The van der Waals surface area contributed by atoms with Crippen LogP contribution in [0.25, 0.3) is 11.3 Å². The van der Waals surface area contributed by atoms with Crippen LogP contribution in [0.5, 0.6) is 5.88 Å². The van der Waals surface area contributed by atoms with Gasteiger partial charge >= 0.3 is 0 Å². The molecule has 0 aliphatic carbocycles. The first-order valence-electron chi connectivity index (χ1n) is 9.91. The Balaban J connectivity index is 2.00. The molecule has 6 nitrogen and oxygen atoms in total. The lowest BCUT2D eigenvalue weighted by Crippen LogP contribution is -2.36. The zero-order valence-corrected chi connectivity index (χ0v) is 18.6. The summed E-state index contributed by atoms with van der Waals surface area (Å²) in [5, 5.41) is 9.30. The summed E-state index contributed by atoms with van der Waals surface area (Å²) in [7, 11) is 0. The molecule has 4 rings (SSSR count). The Kier molecular flexibility index (Phi) is 5.47. The number of fused-ring (bicyclic) bond motifs is 3. The highest BCUT2D eigenvalue weighted by molar-refractivity contribution is 7.99. The third kappa shape index (κ3) is 3.65. The zero-order chi connectivity index (χ0) is 21.4. The maximum Gasteiger partial charge on any atom is 0.247 e.